The molecule has 96 valence electrons. The number of nitrogens with zero attached hydrogens (tertiary/aromatic N) is 3. The zero-order chi connectivity index (χ0) is 12.2. The molecule has 0 amide bonds. The monoisotopic (exact) mass is 291 g/mol. The summed E-state index contributed by atoms with van der Waals surface area (Å²) in [5, 5.41) is 0. The van der Waals surface area contributed by atoms with Gasteiger partial charge in [-0.05, 0) is 36.4 Å². The Kier molecular flexibility index (Phi) is 4.37. The van der Waals surface area contributed by atoms with Crippen molar-refractivity contribution in [2.45, 2.75) is 0 Å². The van der Waals surface area contributed by atoms with Crippen LogP contribution in [0.1, 0.15) is 0 Å². The smallest absolute Gasteiger partial charge is 0.0980 e. The minimum atomic E-state index is 0. The molecule has 19 heavy (non-hydrogen) atoms. The topological polar surface area (TPSA) is 38.7 Å². The first-order valence-electron chi connectivity index (χ1n) is 5.73. The van der Waals surface area contributed by atoms with Crippen LogP contribution in [-0.4, -0.2) is 15.0 Å². The van der Waals surface area contributed by atoms with E-state index in [0.717, 1.165) is 22.6 Å². The molecule has 0 fully saturated rings. The Morgan fingerprint density at radius 2 is 1.21 bits per heavy atom. The maximum atomic E-state index is 4.42. The Balaban J connectivity index is 0.00000133. The summed E-state index contributed by atoms with van der Waals surface area (Å²) in [4.78, 5) is 13.1. The van der Waals surface area contributed by atoms with Crippen molar-refractivity contribution in [1.29, 1.82) is 0 Å². The molecule has 0 spiro atoms. The van der Waals surface area contributed by atoms with Crippen molar-refractivity contribution in [1.82, 2.24) is 15.0 Å². The van der Waals surface area contributed by atoms with Crippen molar-refractivity contribution in [3.63, 3.8) is 0 Å². The zero-order valence-corrected chi connectivity index (χ0v) is 11.0. The molecule has 0 radical (unpaired) electrons. The van der Waals surface area contributed by atoms with Gasteiger partial charge in [-0.1, -0.05) is 12.1 Å². The van der Waals surface area contributed by atoms with Gasteiger partial charge in [0.15, 0.2) is 0 Å². The van der Waals surface area contributed by atoms with Crippen molar-refractivity contribution in [3.05, 3.63) is 67.1 Å². The first-order valence-corrected chi connectivity index (χ1v) is 5.73. The van der Waals surface area contributed by atoms with Crippen LogP contribution in [0.5, 0.6) is 0 Å². The predicted molar refractivity (Wildman–Crippen MR) is 70.7 cm³/mol. The third-order valence-electron chi connectivity index (χ3n) is 2.66. The average Bonchev–Trinajstić information content (AvgIpc) is 2.49. The van der Waals surface area contributed by atoms with E-state index in [2.05, 4.69) is 15.0 Å². The summed E-state index contributed by atoms with van der Waals surface area (Å²) in [6.07, 6.45) is 5.33. The SMILES string of the molecule is [Ni].c1ccc(-c2cccnc2-c2ccccn2)nc1. The molecule has 0 atom stereocenters. The summed E-state index contributed by atoms with van der Waals surface area (Å²) < 4.78 is 0. The van der Waals surface area contributed by atoms with E-state index in [1.165, 1.54) is 0 Å². The van der Waals surface area contributed by atoms with E-state index in [1.807, 2.05) is 48.5 Å². The number of hydrogen-bond donors (Lipinski definition) is 0. The molecule has 0 aromatic carbocycles. The Morgan fingerprint density at radius 1 is 0.579 bits per heavy atom. The van der Waals surface area contributed by atoms with Crippen LogP contribution >= 0.6 is 0 Å². The van der Waals surface area contributed by atoms with Crippen LogP contribution in [0.2, 0.25) is 0 Å². The van der Waals surface area contributed by atoms with Crippen molar-refractivity contribution < 1.29 is 16.5 Å². The maximum absolute atomic E-state index is 4.42. The van der Waals surface area contributed by atoms with Crippen molar-refractivity contribution in [2.24, 2.45) is 0 Å². The first kappa shape index (κ1) is 13.4. The Morgan fingerprint density at radius 3 is 1.84 bits per heavy atom. The van der Waals surface area contributed by atoms with Crippen LogP contribution in [0.3, 0.4) is 0 Å². The van der Waals surface area contributed by atoms with Gasteiger partial charge in [-0.2, -0.15) is 0 Å². The van der Waals surface area contributed by atoms with Gasteiger partial charge in [0, 0.05) is 40.6 Å². The van der Waals surface area contributed by atoms with Gasteiger partial charge in [-0.15, -0.1) is 0 Å². The fourth-order valence-electron chi connectivity index (χ4n) is 1.84. The van der Waals surface area contributed by atoms with E-state index in [1.54, 1.807) is 18.6 Å². The Labute approximate surface area is 121 Å². The molecule has 3 aromatic heterocycles. The molecule has 0 unspecified atom stereocenters. The summed E-state index contributed by atoms with van der Waals surface area (Å²) in [6, 6.07) is 15.6. The molecule has 0 N–H and O–H groups in total. The molecule has 3 nitrogen and oxygen atoms in total. The standard InChI is InChI=1S/C15H11N3.Ni/c1-3-9-16-13(7-1)12-6-5-11-18-15(12)14-8-2-4-10-17-14;/h1-11H;. The number of aromatic nitrogens is 3. The Hall–Kier alpha value is -2.06. The van der Waals surface area contributed by atoms with Gasteiger partial charge in [0.1, 0.15) is 0 Å². The first-order chi connectivity index (χ1) is 8.95. The Bertz CT molecular complexity index is 583. The van der Waals surface area contributed by atoms with E-state index >= 15 is 0 Å². The molecule has 0 aliphatic carbocycles. The van der Waals surface area contributed by atoms with Gasteiger partial charge in [0.25, 0.3) is 0 Å². The normalized spacial score (nSPS) is 9.68. The second-order valence-electron chi connectivity index (χ2n) is 3.83. The van der Waals surface area contributed by atoms with Crippen LogP contribution in [0.15, 0.2) is 67.1 Å². The van der Waals surface area contributed by atoms with Gasteiger partial charge in [-0.3, -0.25) is 15.0 Å². The van der Waals surface area contributed by atoms with Gasteiger partial charge < -0.3 is 0 Å². The fourth-order valence-corrected chi connectivity index (χ4v) is 1.84. The maximum Gasteiger partial charge on any atom is 0.0980 e. The molecular weight excluding hydrogens is 281 g/mol. The molecule has 0 bridgehead atoms. The minimum absolute atomic E-state index is 0. The van der Waals surface area contributed by atoms with Gasteiger partial charge in [-0.25, -0.2) is 0 Å². The molecule has 3 heterocycles. The van der Waals surface area contributed by atoms with Crippen molar-refractivity contribution in [3.8, 4) is 22.6 Å². The summed E-state index contributed by atoms with van der Waals surface area (Å²) in [7, 11) is 0. The number of pyridine rings is 3. The van der Waals surface area contributed by atoms with Gasteiger partial charge in [0.05, 0.1) is 17.1 Å². The molecule has 0 saturated carbocycles. The van der Waals surface area contributed by atoms with Crippen LogP contribution in [0.4, 0.5) is 0 Å². The van der Waals surface area contributed by atoms with E-state index in [9.17, 15) is 0 Å². The van der Waals surface area contributed by atoms with E-state index in [4.69, 9.17) is 0 Å². The van der Waals surface area contributed by atoms with Crippen LogP contribution in [-0.2, 0) is 16.5 Å². The fraction of sp³-hybridized carbons (Fsp3) is 0. The number of hydrogen-bond acceptors (Lipinski definition) is 3. The average molecular weight is 292 g/mol. The van der Waals surface area contributed by atoms with E-state index in [0.29, 0.717) is 0 Å². The van der Waals surface area contributed by atoms with Crippen LogP contribution in [0, 0.1) is 0 Å². The summed E-state index contributed by atoms with van der Waals surface area (Å²) in [5.74, 6) is 0. The third kappa shape index (κ3) is 2.86. The molecule has 4 heteroatoms. The molecule has 0 aliphatic rings. The molecular formula is C15H11N3Ni. The second kappa shape index (κ2) is 6.21. The van der Waals surface area contributed by atoms with Crippen molar-refractivity contribution in [2.75, 3.05) is 0 Å². The quantitative estimate of drug-likeness (QED) is 0.681. The van der Waals surface area contributed by atoms with Crippen LogP contribution in [0.25, 0.3) is 22.6 Å². The predicted octanol–water partition coefficient (Wildman–Crippen LogP) is 3.20. The molecule has 3 rings (SSSR count). The molecule has 3 aromatic rings. The summed E-state index contributed by atoms with van der Waals surface area (Å²) in [6.45, 7) is 0. The summed E-state index contributed by atoms with van der Waals surface area (Å²) >= 11 is 0. The number of rotatable bonds is 2. The molecule has 0 aliphatic heterocycles. The van der Waals surface area contributed by atoms with Gasteiger partial charge >= 0.3 is 0 Å². The largest absolute Gasteiger partial charge is 0.256 e. The molecule has 0 saturated heterocycles. The summed E-state index contributed by atoms with van der Waals surface area (Å²) in [5.41, 5.74) is 3.62. The second-order valence-corrected chi connectivity index (χ2v) is 3.83. The van der Waals surface area contributed by atoms with Gasteiger partial charge in [0.2, 0.25) is 0 Å². The van der Waals surface area contributed by atoms with E-state index in [-0.39, 0.29) is 16.5 Å². The zero-order valence-electron chi connectivity index (χ0n) is 10.0. The van der Waals surface area contributed by atoms with Crippen molar-refractivity contribution >= 4 is 0 Å². The minimum Gasteiger partial charge on any atom is -0.256 e. The third-order valence-corrected chi connectivity index (χ3v) is 2.66. The van der Waals surface area contributed by atoms with E-state index < -0.39 is 0 Å². The van der Waals surface area contributed by atoms with Crippen LogP contribution < -0.4 is 0 Å².